The smallest absolute Gasteiger partial charge is 0.239 e. The van der Waals surface area contributed by atoms with Crippen LogP contribution in [0.1, 0.15) is 40.2 Å². The Morgan fingerprint density at radius 2 is 1.67 bits per heavy atom. The lowest BCUT2D eigenvalue weighted by atomic mass is 9.78. The summed E-state index contributed by atoms with van der Waals surface area (Å²) in [4.78, 5) is 23.8. The van der Waals surface area contributed by atoms with Gasteiger partial charge in [-0.15, -0.1) is 12.4 Å². The molecule has 0 radical (unpaired) electrons. The summed E-state index contributed by atoms with van der Waals surface area (Å²) < 4.78 is 0. The van der Waals surface area contributed by atoms with Crippen molar-refractivity contribution >= 4 is 24.2 Å². The second-order valence-electron chi connectivity index (χ2n) is 6.86. The summed E-state index contributed by atoms with van der Waals surface area (Å²) in [6.07, 6.45) is 0. The van der Waals surface area contributed by atoms with Gasteiger partial charge in [0.25, 0.3) is 0 Å². The molecule has 2 atom stereocenters. The zero-order valence-electron chi connectivity index (χ0n) is 15.1. The van der Waals surface area contributed by atoms with Crippen molar-refractivity contribution in [3.63, 3.8) is 0 Å². The summed E-state index contributed by atoms with van der Waals surface area (Å²) in [6, 6.07) is 9.36. The minimum atomic E-state index is -0.596. The Morgan fingerprint density at radius 1 is 1.12 bits per heavy atom. The molecule has 0 bridgehead atoms. The van der Waals surface area contributed by atoms with Crippen molar-refractivity contribution in [1.82, 2.24) is 10.6 Å². The predicted octanol–water partition coefficient (Wildman–Crippen LogP) is 1.99. The van der Waals surface area contributed by atoms with E-state index in [1.165, 1.54) is 0 Å². The van der Waals surface area contributed by atoms with Crippen molar-refractivity contribution in [2.75, 3.05) is 6.54 Å². The van der Waals surface area contributed by atoms with Gasteiger partial charge in [0.15, 0.2) is 0 Å². The molecule has 0 spiro atoms. The molecule has 24 heavy (non-hydrogen) atoms. The number of hydrogen-bond acceptors (Lipinski definition) is 3. The first kappa shape index (κ1) is 22.4. The number of carbonyl (C=O) groups is 2. The monoisotopic (exact) mass is 355 g/mol. The van der Waals surface area contributed by atoms with Crippen LogP contribution in [0.3, 0.4) is 0 Å². The number of halogens is 1. The van der Waals surface area contributed by atoms with Crippen molar-refractivity contribution in [3.8, 4) is 0 Å². The molecule has 0 aliphatic rings. The zero-order chi connectivity index (χ0) is 17.6. The minimum absolute atomic E-state index is 0. The number of rotatable bonds is 7. The maximum atomic E-state index is 12.1. The zero-order valence-corrected chi connectivity index (χ0v) is 15.9. The molecule has 0 heterocycles. The van der Waals surface area contributed by atoms with Gasteiger partial charge >= 0.3 is 0 Å². The van der Waals surface area contributed by atoms with Gasteiger partial charge in [0.2, 0.25) is 11.8 Å². The molecule has 4 N–H and O–H groups in total. The lowest BCUT2D eigenvalue weighted by Crippen LogP contribution is -2.51. The van der Waals surface area contributed by atoms with Gasteiger partial charge in [-0.1, -0.05) is 58.0 Å². The van der Waals surface area contributed by atoms with Crippen molar-refractivity contribution in [1.29, 1.82) is 0 Å². The Bertz CT molecular complexity index is 532. The van der Waals surface area contributed by atoms with E-state index in [0.717, 1.165) is 5.56 Å². The van der Waals surface area contributed by atoms with E-state index in [-0.39, 0.29) is 48.1 Å². The van der Waals surface area contributed by atoms with Gasteiger partial charge in [-0.25, -0.2) is 0 Å². The van der Waals surface area contributed by atoms with Crippen LogP contribution in [0.5, 0.6) is 0 Å². The van der Waals surface area contributed by atoms with E-state index in [1.54, 1.807) is 0 Å². The first-order chi connectivity index (χ1) is 10.7. The van der Waals surface area contributed by atoms with Gasteiger partial charge in [-0.2, -0.15) is 0 Å². The van der Waals surface area contributed by atoms with Crippen LogP contribution in [-0.4, -0.2) is 30.4 Å². The van der Waals surface area contributed by atoms with Crippen LogP contribution in [0.2, 0.25) is 0 Å². The van der Waals surface area contributed by atoms with Crippen LogP contribution < -0.4 is 16.4 Å². The SMILES string of the molecule is CC(C)[C@H](N)C(=O)NCC(=O)NC(C)C(C)(C)c1ccccc1.Cl. The van der Waals surface area contributed by atoms with E-state index in [4.69, 9.17) is 5.73 Å². The first-order valence-electron chi connectivity index (χ1n) is 8.04. The number of amides is 2. The molecular formula is C18H30ClN3O2. The van der Waals surface area contributed by atoms with Crippen molar-refractivity contribution in [2.45, 2.75) is 52.1 Å². The lowest BCUT2D eigenvalue weighted by molar-refractivity contribution is -0.127. The second-order valence-corrected chi connectivity index (χ2v) is 6.86. The molecule has 0 saturated heterocycles. The highest BCUT2D eigenvalue weighted by atomic mass is 35.5. The van der Waals surface area contributed by atoms with Gasteiger partial charge < -0.3 is 16.4 Å². The van der Waals surface area contributed by atoms with Gasteiger partial charge in [-0.05, 0) is 18.4 Å². The fourth-order valence-electron chi connectivity index (χ4n) is 2.18. The van der Waals surface area contributed by atoms with Crippen LogP contribution in [0, 0.1) is 5.92 Å². The quantitative estimate of drug-likeness (QED) is 0.699. The van der Waals surface area contributed by atoms with Crippen LogP contribution in [0.4, 0.5) is 0 Å². The Labute approximate surface area is 151 Å². The van der Waals surface area contributed by atoms with Crippen molar-refractivity contribution in [3.05, 3.63) is 35.9 Å². The summed E-state index contributed by atoms with van der Waals surface area (Å²) in [5.41, 5.74) is 6.69. The normalized spacial score (nSPS) is 13.6. The molecule has 5 nitrogen and oxygen atoms in total. The van der Waals surface area contributed by atoms with Crippen LogP contribution >= 0.6 is 12.4 Å². The molecule has 0 aromatic heterocycles. The largest absolute Gasteiger partial charge is 0.351 e. The number of hydrogen-bond donors (Lipinski definition) is 3. The molecule has 2 amide bonds. The summed E-state index contributed by atoms with van der Waals surface area (Å²) in [5, 5.41) is 5.53. The number of benzene rings is 1. The molecule has 1 rings (SSSR count). The fourth-order valence-corrected chi connectivity index (χ4v) is 2.18. The lowest BCUT2D eigenvalue weighted by Gasteiger charge is -2.33. The van der Waals surface area contributed by atoms with E-state index < -0.39 is 6.04 Å². The van der Waals surface area contributed by atoms with Gasteiger partial charge in [0.1, 0.15) is 0 Å². The van der Waals surface area contributed by atoms with E-state index in [1.807, 2.05) is 51.1 Å². The Kier molecular flexibility index (Phi) is 9.01. The van der Waals surface area contributed by atoms with Crippen LogP contribution in [0.15, 0.2) is 30.3 Å². The Hall–Kier alpha value is -1.59. The van der Waals surface area contributed by atoms with Gasteiger partial charge in [0.05, 0.1) is 12.6 Å². The molecule has 1 aromatic carbocycles. The average molecular weight is 356 g/mol. The highest BCUT2D eigenvalue weighted by molar-refractivity contribution is 5.87. The third-order valence-electron chi connectivity index (χ3n) is 4.42. The summed E-state index contributed by atoms with van der Waals surface area (Å²) in [7, 11) is 0. The Balaban J connectivity index is 0.00000529. The molecule has 1 unspecified atom stereocenters. The molecule has 0 saturated carbocycles. The van der Waals surface area contributed by atoms with Gasteiger partial charge in [0, 0.05) is 11.5 Å². The molecule has 0 aliphatic heterocycles. The third-order valence-corrected chi connectivity index (χ3v) is 4.42. The van der Waals surface area contributed by atoms with Gasteiger partial charge in [-0.3, -0.25) is 9.59 Å². The first-order valence-corrected chi connectivity index (χ1v) is 8.04. The van der Waals surface area contributed by atoms with Crippen molar-refractivity contribution < 1.29 is 9.59 Å². The Morgan fingerprint density at radius 3 is 2.17 bits per heavy atom. The standard InChI is InChI=1S/C18H29N3O2.ClH/c1-12(2)16(19)17(23)20-11-15(22)21-13(3)18(4,5)14-9-7-6-8-10-14;/h6-10,12-13,16H,11,19H2,1-5H3,(H,20,23)(H,21,22);1H/t13?,16-;/m0./s1. The molecule has 0 fully saturated rings. The van der Waals surface area contributed by atoms with Crippen molar-refractivity contribution in [2.24, 2.45) is 11.7 Å². The topological polar surface area (TPSA) is 84.2 Å². The highest BCUT2D eigenvalue weighted by Gasteiger charge is 2.29. The fraction of sp³-hybridized carbons (Fsp3) is 0.556. The molecule has 6 heteroatoms. The van der Waals surface area contributed by atoms with E-state index >= 15 is 0 Å². The third kappa shape index (κ3) is 6.13. The predicted molar refractivity (Wildman–Crippen MR) is 100 cm³/mol. The summed E-state index contributed by atoms with van der Waals surface area (Å²) in [5.74, 6) is -0.482. The van der Waals surface area contributed by atoms with E-state index in [0.29, 0.717) is 0 Å². The molecule has 0 aliphatic carbocycles. The summed E-state index contributed by atoms with van der Waals surface area (Å²) in [6.45, 7) is 9.81. The van der Waals surface area contributed by atoms with Crippen LogP contribution in [0.25, 0.3) is 0 Å². The minimum Gasteiger partial charge on any atom is -0.351 e. The van der Waals surface area contributed by atoms with Crippen LogP contribution in [-0.2, 0) is 15.0 Å². The average Bonchev–Trinajstić information content (AvgIpc) is 2.52. The van der Waals surface area contributed by atoms with E-state index in [9.17, 15) is 9.59 Å². The van der Waals surface area contributed by atoms with E-state index in [2.05, 4.69) is 24.5 Å². The maximum Gasteiger partial charge on any atom is 0.239 e. The second kappa shape index (κ2) is 9.64. The molecular weight excluding hydrogens is 326 g/mol. The number of nitrogens with one attached hydrogen (secondary N) is 2. The maximum absolute atomic E-state index is 12.1. The number of carbonyl (C=O) groups excluding carboxylic acids is 2. The molecule has 136 valence electrons. The summed E-state index contributed by atoms with van der Waals surface area (Å²) >= 11 is 0. The molecule has 1 aromatic rings. The highest BCUT2D eigenvalue weighted by Crippen LogP contribution is 2.26. The number of nitrogens with two attached hydrogens (primary N) is 1.